The molecule has 1 aliphatic heterocycles. The summed E-state index contributed by atoms with van der Waals surface area (Å²) >= 11 is 0. The molecule has 2 aromatic rings. The maximum absolute atomic E-state index is 13.4. The molecule has 0 radical (unpaired) electrons. The van der Waals surface area contributed by atoms with Crippen LogP contribution in [0.15, 0.2) is 48.8 Å². The van der Waals surface area contributed by atoms with E-state index in [0.29, 0.717) is 11.4 Å². The molecule has 0 saturated carbocycles. The van der Waals surface area contributed by atoms with Gasteiger partial charge in [0.15, 0.2) is 5.78 Å². The Morgan fingerprint density at radius 3 is 1.61 bits per heavy atom. The smallest absolute Gasteiger partial charge is 0.318 e. The van der Waals surface area contributed by atoms with Crippen LogP contribution in [-0.4, -0.2) is 53.9 Å². The Morgan fingerprint density at radius 2 is 1.29 bits per heavy atom. The average Bonchev–Trinajstić information content (AvgIpc) is 2.74. The van der Waals surface area contributed by atoms with Crippen LogP contribution in [0.2, 0.25) is 0 Å². The predicted molar refractivity (Wildman–Crippen MR) is 97.7 cm³/mol. The van der Waals surface area contributed by atoms with Gasteiger partial charge in [0.2, 0.25) is 0 Å². The van der Waals surface area contributed by atoms with Gasteiger partial charge < -0.3 is 9.47 Å². The fourth-order valence-corrected chi connectivity index (χ4v) is 3.75. The summed E-state index contributed by atoms with van der Waals surface area (Å²) in [6.07, 6.45) is 3.17. The molecular weight excluding hydrogens is 362 g/mol. The highest BCUT2D eigenvalue weighted by molar-refractivity contribution is 6.10. The third-order valence-corrected chi connectivity index (χ3v) is 5.01. The second kappa shape index (κ2) is 8.26. The van der Waals surface area contributed by atoms with Crippen LogP contribution in [0.1, 0.15) is 23.5 Å². The highest BCUT2D eigenvalue weighted by Crippen LogP contribution is 2.45. The van der Waals surface area contributed by atoms with Gasteiger partial charge in [-0.2, -0.15) is 0 Å². The number of ketones is 1. The second-order valence-electron chi connectivity index (χ2n) is 6.47. The summed E-state index contributed by atoms with van der Waals surface area (Å²) in [5.74, 6) is -4.44. The number of likely N-dealkylation sites (tertiary alicyclic amines) is 1. The summed E-state index contributed by atoms with van der Waals surface area (Å²) in [6.45, 7) is 0. The average molecular weight is 383 g/mol. The lowest BCUT2D eigenvalue weighted by Crippen LogP contribution is -2.54. The molecule has 4 atom stereocenters. The quantitative estimate of drug-likeness (QED) is 0.576. The number of nitrogens with zero attached hydrogens (tertiary/aromatic N) is 3. The van der Waals surface area contributed by atoms with Gasteiger partial charge in [-0.1, -0.05) is 12.1 Å². The van der Waals surface area contributed by atoms with Gasteiger partial charge in [0.25, 0.3) is 0 Å². The summed E-state index contributed by atoms with van der Waals surface area (Å²) in [5.41, 5.74) is 1.05. The maximum atomic E-state index is 13.4. The molecule has 8 nitrogen and oxygen atoms in total. The van der Waals surface area contributed by atoms with Gasteiger partial charge in [-0.25, -0.2) is 0 Å². The van der Waals surface area contributed by atoms with Gasteiger partial charge in [-0.15, -0.1) is 0 Å². The van der Waals surface area contributed by atoms with Crippen LogP contribution < -0.4 is 0 Å². The highest BCUT2D eigenvalue weighted by atomic mass is 16.5. The number of methoxy groups -OCH3 is 2. The first kappa shape index (κ1) is 19.6. The molecule has 3 heterocycles. The van der Waals surface area contributed by atoms with Crippen molar-refractivity contribution in [3.63, 3.8) is 0 Å². The molecule has 0 aliphatic carbocycles. The number of esters is 2. The molecule has 0 amide bonds. The molecule has 28 heavy (non-hydrogen) atoms. The van der Waals surface area contributed by atoms with E-state index in [1.807, 2.05) is 0 Å². The number of carbonyl (C=O) groups is 3. The third kappa shape index (κ3) is 3.38. The largest absolute Gasteiger partial charge is 0.468 e. The molecule has 0 N–H and O–H groups in total. The van der Waals surface area contributed by atoms with Crippen molar-refractivity contribution in [1.82, 2.24) is 14.9 Å². The number of aromatic nitrogens is 2. The van der Waals surface area contributed by atoms with Crippen molar-refractivity contribution >= 4 is 17.7 Å². The number of piperidine rings is 1. The van der Waals surface area contributed by atoms with Crippen molar-refractivity contribution in [2.75, 3.05) is 21.3 Å². The van der Waals surface area contributed by atoms with E-state index in [4.69, 9.17) is 9.47 Å². The van der Waals surface area contributed by atoms with Crippen LogP contribution in [0.5, 0.6) is 0 Å². The van der Waals surface area contributed by atoms with E-state index in [1.165, 1.54) is 14.2 Å². The number of hydrogen-bond donors (Lipinski definition) is 0. The Morgan fingerprint density at radius 1 is 0.857 bits per heavy atom. The van der Waals surface area contributed by atoms with Crippen LogP contribution in [-0.2, 0) is 23.9 Å². The normalized spacial score (nSPS) is 25.2. The lowest BCUT2D eigenvalue weighted by molar-refractivity contribution is -0.167. The second-order valence-corrected chi connectivity index (χ2v) is 6.47. The van der Waals surface area contributed by atoms with E-state index >= 15 is 0 Å². The molecule has 0 spiro atoms. The zero-order valence-electron chi connectivity index (χ0n) is 15.8. The molecular formula is C20H21N3O5. The molecule has 146 valence electrons. The van der Waals surface area contributed by atoms with Crippen molar-refractivity contribution in [2.24, 2.45) is 11.8 Å². The SMILES string of the molecule is COC(=O)C1C(=O)C(C(=O)OC)C(c2ccccn2)N(C)C1c1ccccn1. The fraction of sp³-hybridized carbons (Fsp3) is 0.350. The fourth-order valence-electron chi connectivity index (χ4n) is 3.75. The van der Waals surface area contributed by atoms with E-state index < -0.39 is 41.6 Å². The molecule has 0 aromatic carbocycles. The number of rotatable bonds is 4. The third-order valence-electron chi connectivity index (χ3n) is 5.01. The Kier molecular flexibility index (Phi) is 5.79. The molecule has 8 heteroatoms. The minimum atomic E-state index is -1.21. The first-order chi connectivity index (χ1) is 13.5. The molecule has 1 fully saturated rings. The molecule has 2 aromatic heterocycles. The monoisotopic (exact) mass is 383 g/mol. The lowest BCUT2D eigenvalue weighted by atomic mass is 9.75. The van der Waals surface area contributed by atoms with Gasteiger partial charge in [0.05, 0.1) is 37.7 Å². The summed E-state index contributed by atoms with van der Waals surface area (Å²) < 4.78 is 9.76. The van der Waals surface area contributed by atoms with Crippen molar-refractivity contribution in [3.05, 3.63) is 60.2 Å². The molecule has 1 saturated heterocycles. The maximum Gasteiger partial charge on any atom is 0.318 e. The van der Waals surface area contributed by atoms with Crippen LogP contribution in [0.4, 0.5) is 0 Å². The Labute approximate surface area is 162 Å². The van der Waals surface area contributed by atoms with Gasteiger partial charge >= 0.3 is 11.9 Å². The number of ether oxygens (including phenoxy) is 2. The summed E-state index contributed by atoms with van der Waals surface area (Å²) in [7, 11) is 4.16. The van der Waals surface area contributed by atoms with Crippen LogP contribution in [0.3, 0.4) is 0 Å². The first-order valence-corrected chi connectivity index (χ1v) is 8.74. The standard InChI is InChI=1S/C20H21N3O5/c1-23-16(12-8-4-6-10-21-12)14(19(25)27-2)18(24)15(20(26)28-3)17(23)13-9-5-7-11-22-13/h4-11,14-17H,1-3H3. The Bertz CT molecular complexity index is 789. The van der Waals surface area contributed by atoms with Crippen molar-refractivity contribution in [2.45, 2.75) is 12.1 Å². The van der Waals surface area contributed by atoms with Crippen molar-refractivity contribution in [1.29, 1.82) is 0 Å². The zero-order valence-corrected chi connectivity index (χ0v) is 15.8. The molecule has 0 bridgehead atoms. The Hall–Kier alpha value is -3.13. The summed E-state index contributed by atoms with van der Waals surface area (Å²) in [5, 5.41) is 0. The Balaban J connectivity index is 2.18. The summed E-state index contributed by atoms with van der Waals surface area (Å²) in [4.78, 5) is 48.9. The highest BCUT2D eigenvalue weighted by Gasteiger charge is 2.55. The molecule has 3 rings (SSSR count). The van der Waals surface area contributed by atoms with Crippen LogP contribution in [0, 0.1) is 11.8 Å². The zero-order chi connectivity index (χ0) is 20.3. The van der Waals surface area contributed by atoms with E-state index in [1.54, 1.807) is 60.7 Å². The predicted octanol–water partition coefficient (Wildman–Crippen LogP) is 1.35. The topological polar surface area (TPSA) is 98.7 Å². The van der Waals surface area contributed by atoms with Crippen molar-refractivity contribution in [3.8, 4) is 0 Å². The number of pyridine rings is 2. The number of carbonyl (C=O) groups excluding carboxylic acids is 3. The number of Topliss-reactive ketones (excluding diaryl/α,β-unsaturated/α-hetero) is 1. The van der Waals surface area contributed by atoms with Crippen LogP contribution >= 0.6 is 0 Å². The van der Waals surface area contributed by atoms with E-state index in [2.05, 4.69) is 9.97 Å². The van der Waals surface area contributed by atoms with Gasteiger partial charge in [-0.3, -0.25) is 29.3 Å². The minimum absolute atomic E-state index is 0.526. The minimum Gasteiger partial charge on any atom is -0.468 e. The van der Waals surface area contributed by atoms with E-state index in [-0.39, 0.29) is 0 Å². The molecule has 1 aliphatic rings. The van der Waals surface area contributed by atoms with E-state index in [9.17, 15) is 14.4 Å². The van der Waals surface area contributed by atoms with E-state index in [0.717, 1.165) is 0 Å². The lowest BCUT2D eigenvalue weighted by Gasteiger charge is -2.44. The first-order valence-electron chi connectivity index (χ1n) is 8.74. The number of hydrogen-bond acceptors (Lipinski definition) is 8. The van der Waals surface area contributed by atoms with Gasteiger partial charge in [-0.05, 0) is 31.3 Å². The summed E-state index contributed by atoms with van der Waals surface area (Å²) in [6, 6.07) is 9.08. The van der Waals surface area contributed by atoms with Gasteiger partial charge in [0, 0.05) is 12.4 Å². The van der Waals surface area contributed by atoms with Crippen LogP contribution in [0.25, 0.3) is 0 Å². The van der Waals surface area contributed by atoms with Crippen molar-refractivity contribution < 1.29 is 23.9 Å². The van der Waals surface area contributed by atoms with Gasteiger partial charge in [0.1, 0.15) is 11.8 Å². The molecule has 4 unspecified atom stereocenters.